The van der Waals surface area contributed by atoms with E-state index in [-0.39, 0.29) is 0 Å². The Morgan fingerprint density at radius 1 is 1.50 bits per heavy atom. The Bertz CT molecular complexity index is 323. The van der Waals surface area contributed by atoms with Crippen molar-refractivity contribution in [3.8, 4) is 0 Å². The van der Waals surface area contributed by atoms with Gasteiger partial charge in [-0.05, 0) is 32.2 Å². The van der Waals surface area contributed by atoms with Crippen molar-refractivity contribution >= 4 is 11.8 Å². The zero-order valence-corrected chi connectivity index (χ0v) is 9.40. The van der Waals surface area contributed by atoms with E-state index in [0.29, 0.717) is 5.92 Å². The summed E-state index contributed by atoms with van der Waals surface area (Å²) in [6.07, 6.45) is 4.58. The average molecular weight is 209 g/mol. The molecule has 1 aliphatic carbocycles. The van der Waals surface area contributed by atoms with Gasteiger partial charge in [-0.25, -0.2) is 9.97 Å². The molecule has 0 saturated heterocycles. The van der Waals surface area contributed by atoms with Gasteiger partial charge in [0.1, 0.15) is 5.82 Å². The Labute approximate surface area is 88.7 Å². The predicted octanol–water partition coefficient (Wildman–Crippen LogP) is 1.80. The molecule has 0 spiro atoms. The lowest BCUT2D eigenvalue weighted by atomic mass is 10.3. The number of hydrogen-bond donors (Lipinski definition) is 1. The molecule has 0 aliphatic heterocycles. The largest absolute Gasteiger partial charge is 0.314 e. The number of rotatable bonds is 4. The van der Waals surface area contributed by atoms with E-state index in [4.69, 9.17) is 0 Å². The van der Waals surface area contributed by atoms with Gasteiger partial charge in [-0.15, -0.1) is 11.8 Å². The third kappa shape index (κ3) is 2.25. The lowest BCUT2D eigenvalue weighted by Gasteiger charge is -2.05. The van der Waals surface area contributed by atoms with Crippen molar-refractivity contribution in [1.29, 1.82) is 0 Å². The van der Waals surface area contributed by atoms with Crippen molar-refractivity contribution in [1.82, 2.24) is 15.3 Å². The van der Waals surface area contributed by atoms with Gasteiger partial charge in [0.15, 0.2) is 0 Å². The van der Waals surface area contributed by atoms with Crippen molar-refractivity contribution in [2.75, 3.05) is 13.3 Å². The van der Waals surface area contributed by atoms with E-state index in [1.807, 2.05) is 7.05 Å². The zero-order valence-electron chi connectivity index (χ0n) is 8.58. The first kappa shape index (κ1) is 9.93. The molecule has 1 N–H and O–H groups in total. The first-order chi connectivity index (χ1) is 6.83. The minimum Gasteiger partial charge on any atom is -0.314 e. The Hall–Kier alpha value is -0.610. The van der Waals surface area contributed by atoms with E-state index in [1.54, 1.807) is 11.8 Å². The van der Waals surface area contributed by atoms with Crippen LogP contribution in [0.4, 0.5) is 0 Å². The first-order valence-corrected chi connectivity index (χ1v) is 6.12. The van der Waals surface area contributed by atoms with Crippen molar-refractivity contribution in [2.24, 2.45) is 0 Å². The van der Waals surface area contributed by atoms with Crippen LogP contribution in [0.2, 0.25) is 0 Å². The summed E-state index contributed by atoms with van der Waals surface area (Å²) in [6, 6.07) is 2.06. The molecule has 0 amide bonds. The van der Waals surface area contributed by atoms with Crippen LogP contribution in [0, 0.1) is 0 Å². The number of hydrogen-bond acceptors (Lipinski definition) is 4. The molecule has 0 aromatic carbocycles. The van der Waals surface area contributed by atoms with Crippen LogP contribution in [0.3, 0.4) is 0 Å². The van der Waals surface area contributed by atoms with Gasteiger partial charge >= 0.3 is 0 Å². The standard InChI is InChI=1S/C10H15N3S/c1-11-6-8-5-9(14-2)13-10(12-8)7-3-4-7/h5,7,11H,3-4,6H2,1-2H3. The van der Waals surface area contributed by atoms with E-state index >= 15 is 0 Å². The van der Waals surface area contributed by atoms with Gasteiger partial charge in [-0.1, -0.05) is 0 Å². The molecule has 0 unspecified atom stereocenters. The molecule has 1 saturated carbocycles. The van der Waals surface area contributed by atoms with Gasteiger partial charge in [-0.2, -0.15) is 0 Å². The number of nitrogens with zero attached hydrogens (tertiary/aromatic N) is 2. The summed E-state index contributed by atoms with van der Waals surface area (Å²) in [5.41, 5.74) is 1.11. The molecule has 0 atom stereocenters. The number of aromatic nitrogens is 2. The number of thioether (sulfide) groups is 1. The highest BCUT2D eigenvalue weighted by Crippen LogP contribution is 2.38. The summed E-state index contributed by atoms with van der Waals surface area (Å²) < 4.78 is 0. The van der Waals surface area contributed by atoms with E-state index in [0.717, 1.165) is 23.1 Å². The maximum Gasteiger partial charge on any atom is 0.133 e. The zero-order chi connectivity index (χ0) is 9.97. The molecule has 14 heavy (non-hydrogen) atoms. The first-order valence-electron chi connectivity index (χ1n) is 4.90. The fraction of sp³-hybridized carbons (Fsp3) is 0.600. The summed E-state index contributed by atoms with van der Waals surface area (Å²) in [7, 11) is 1.94. The second-order valence-electron chi connectivity index (χ2n) is 3.56. The van der Waals surface area contributed by atoms with Gasteiger partial charge in [0, 0.05) is 12.5 Å². The average Bonchev–Trinajstić information content (AvgIpc) is 3.01. The SMILES string of the molecule is CNCc1cc(SC)nc(C2CC2)n1. The molecule has 1 aromatic heterocycles. The van der Waals surface area contributed by atoms with Gasteiger partial charge in [0.25, 0.3) is 0 Å². The summed E-state index contributed by atoms with van der Waals surface area (Å²) in [5, 5.41) is 4.21. The fourth-order valence-corrected chi connectivity index (χ4v) is 1.83. The highest BCUT2D eigenvalue weighted by Gasteiger charge is 2.27. The van der Waals surface area contributed by atoms with Crippen molar-refractivity contribution < 1.29 is 0 Å². The van der Waals surface area contributed by atoms with Crippen LogP contribution >= 0.6 is 11.8 Å². The summed E-state index contributed by atoms with van der Waals surface area (Å²) in [6.45, 7) is 0.829. The highest BCUT2D eigenvalue weighted by molar-refractivity contribution is 7.98. The van der Waals surface area contributed by atoms with Crippen molar-refractivity contribution in [2.45, 2.75) is 30.3 Å². The van der Waals surface area contributed by atoms with Crippen LogP contribution in [0.25, 0.3) is 0 Å². The predicted molar refractivity (Wildman–Crippen MR) is 58.6 cm³/mol. The summed E-state index contributed by atoms with van der Waals surface area (Å²) >= 11 is 1.69. The van der Waals surface area contributed by atoms with Crippen molar-refractivity contribution in [3.05, 3.63) is 17.6 Å². The lowest BCUT2D eigenvalue weighted by Crippen LogP contribution is -2.09. The van der Waals surface area contributed by atoms with Crippen LogP contribution in [0.5, 0.6) is 0 Å². The Morgan fingerprint density at radius 3 is 2.86 bits per heavy atom. The molecule has 76 valence electrons. The van der Waals surface area contributed by atoms with Crippen LogP contribution in [0.15, 0.2) is 11.1 Å². The van der Waals surface area contributed by atoms with Gasteiger partial charge in [0.2, 0.25) is 0 Å². The fourth-order valence-electron chi connectivity index (χ4n) is 1.39. The van der Waals surface area contributed by atoms with Gasteiger partial charge in [-0.3, -0.25) is 0 Å². The van der Waals surface area contributed by atoms with Crippen LogP contribution in [-0.4, -0.2) is 23.3 Å². The van der Waals surface area contributed by atoms with E-state index in [1.165, 1.54) is 12.8 Å². The smallest absolute Gasteiger partial charge is 0.133 e. The van der Waals surface area contributed by atoms with Gasteiger partial charge in [0.05, 0.1) is 10.7 Å². The van der Waals surface area contributed by atoms with Gasteiger partial charge < -0.3 is 5.32 Å². The quantitative estimate of drug-likeness (QED) is 0.606. The normalized spacial score (nSPS) is 15.9. The molecular weight excluding hydrogens is 194 g/mol. The Kier molecular flexibility index (Phi) is 3.03. The van der Waals surface area contributed by atoms with E-state index in [9.17, 15) is 0 Å². The molecule has 4 heteroatoms. The second kappa shape index (κ2) is 4.28. The Morgan fingerprint density at radius 2 is 2.29 bits per heavy atom. The molecule has 3 nitrogen and oxygen atoms in total. The Balaban J connectivity index is 2.26. The van der Waals surface area contributed by atoms with Crippen LogP contribution < -0.4 is 5.32 Å². The molecule has 0 bridgehead atoms. The lowest BCUT2D eigenvalue weighted by molar-refractivity contribution is 0.752. The topological polar surface area (TPSA) is 37.8 Å². The van der Waals surface area contributed by atoms with E-state index < -0.39 is 0 Å². The molecule has 1 aromatic rings. The van der Waals surface area contributed by atoms with Crippen LogP contribution in [-0.2, 0) is 6.54 Å². The summed E-state index contributed by atoms with van der Waals surface area (Å²) in [4.78, 5) is 9.07. The maximum absolute atomic E-state index is 4.55. The highest BCUT2D eigenvalue weighted by atomic mass is 32.2. The second-order valence-corrected chi connectivity index (χ2v) is 4.39. The molecule has 1 fully saturated rings. The molecule has 0 radical (unpaired) electrons. The number of nitrogens with one attached hydrogen (secondary N) is 1. The monoisotopic (exact) mass is 209 g/mol. The van der Waals surface area contributed by atoms with E-state index in [2.05, 4.69) is 27.6 Å². The van der Waals surface area contributed by atoms with Crippen molar-refractivity contribution in [3.63, 3.8) is 0 Å². The molecular formula is C10H15N3S. The minimum atomic E-state index is 0.637. The van der Waals surface area contributed by atoms with Crippen LogP contribution in [0.1, 0.15) is 30.3 Å². The minimum absolute atomic E-state index is 0.637. The molecule has 2 rings (SSSR count). The molecule has 1 aliphatic rings. The molecule has 1 heterocycles. The third-order valence-electron chi connectivity index (χ3n) is 2.28. The maximum atomic E-state index is 4.55. The summed E-state index contributed by atoms with van der Waals surface area (Å²) in [5.74, 6) is 1.68. The third-order valence-corrected chi connectivity index (χ3v) is 2.91.